The number of hydrogen-bond donors (Lipinski definition) is 1. The lowest BCUT2D eigenvalue weighted by atomic mass is 10.3. The summed E-state index contributed by atoms with van der Waals surface area (Å²) in [6.07, 6.45) is 3.97. The standard InChI is InChI=1S/C13H21ClN4/c14-12-3-4-13(16-11-12)18-8-2-7-17(9-10-18)6-1-5-15/h3-4,11H,1-2,5-10,15H2. The molecule has 0 bridgehead atoms. The van der Waals surface area contributed by atoms with Crippen molar-refractivity contribution in [2.45, 2.75) is 12.8 Å². The van der Waals surface area contributed by atoms with E-state index in [1.54, 1.807) is 6.20 Å². The number of halogens is 1. The molecule has 2 rings (SSSR count). The summed E-state index contributed by atoms with van der Waals surface area (Å²) in [5, 5.41) is 0.693. The van der Waals surface area contributed by atoms with Gasteiger partial charge in [0.15, 0.2) is 0 Å². The summed E-state index contributed by atoms with van der Waals surface area (Å²) in [7, 11) is 0. The molecule has 2 N–H and O–H groups in total. The molecule has 1 aliphatic rings. The van der Waals surface area contributed by atoms with E-state index in [-0.39, 0.29) is 0 Å². The zero-order valence-electron chi connectivity index (χ0n) is 10.7. The second-order valence-electron chi connectivity index (χ2n) is 4.66. The molecular weight excluding hydrogens is 248 g/mol. The lowest BCUT2D eigenvalue weighted by Gasteiger charge is -2.22. The van der Waals surface area contributed by atoms with E-state index < -0.39 is 0 Å². The van der Waals surface area contributed by atoms with E-state index in [2.05, 4.69) is 14.8 Å². The van der Waals surface area contributed by atoms with E-state index in [4.69, 9.17) is 17.3 Å². The molecule has 1 aromatic rings. The van der Waals surface area contributed by atoms with Gasteiger partial charge in [-0.3, -0.25) is 0 Å². The minimum Gasteiger partial charge on any atom is -0.355 e. The topological polar surface area (TPSA) is 45.4 Å². The molecule has 1 aliphatic heterocycles. The number of hydrogen-bond acceptors (Lipinski definition) is 4. The van der Waals surface area contributed by atoms with Crippen LogP contribution in [-0.4, -0.2) is 49.2 Å². The normalized spacial score (nSPS) is 17.8. The van der Waals surface area contributed by atoms with Gasteiger partial charge in [-0.25, -0.2) is 4.98 Å². The van der Waals surface area contributed by atoms with Crippen LogP contribution in [0.15, 0.2) is 18.3 Å². The average Bonchev–Trinajstić information content (AvgIpc) is 2.63. The maximum absolute atomic E-state index is 5.86. The highest BCUT2D eigenvalue weighted by atomic mass is 35.5. The van der Waals surface area contributed by atoms with Crippen molar-refractivity contribution < 1.29 is 0 Å². The second kappa shape index (κ2) is 6.92. The number of anilines is 1. The van der Waals surface area contributed by atoms with Gasteiger partial charge in [-0.05, 0) is 44.6 Å². The third-order valence-corrected chi connectivity index (χ3v) is 3.53. The largest absolute Gasteiger partial charge is 0.355 e. The number of pyridine rings is 1. The first-order valence-corrected chi connectivity index (χ1v) is 6.96. The van der Waals surface area contributed by atoms with Crippen LogP contribution in [-0.2, 0) is 0 Å². The Morgan fingerprint density at radius 2 is 2.11 bits per heavy atom. The van der Waals surface area contributed by atoms with Gasteiger partial charge < -0.3 is 15.5 Å². The van der Waals surface area contributed by atoms with Gasteiger partial charge in [0, 0.05) is 25.8 Å². The molecule has 100 valence electrons. The highest BCUT2D eigenvalue weighted by molar-refractivity contribution is 6.30. The molecule has 0 radical (unpaired) electrons. The molecule has 2 heterocycles. The van der Waals surface area contributed by atoms with Gasteiger partial charge in [-0.1, -0.05) is 11.6 Å². The van der Waals surface area contributed by atoms with Crippen molar-refractivity contribution in [2.75, 3.05) is 44.2 Å². The Morgan fingerprint density at radius 3 is 2.83 bits per heavy atom. The van der Waals surface area contributed by atoms with Crippen LogP contribution in [0.5, 0.6) is 0 Å². The van der Waals surface area contributed by atoms with Crippen molar-refractivity contribution in [2.24, 2.45) is 5.73 Å². The van der Waals surface area contributed by atoms with Crippen molar-refractivity contribution in [3.05, 3.63) is 23.4 Å². The molecule has 1 fully saturated rings. The Kier molecular flexibility index (Phi) is 5.23. The third kappa shape index (κ3) is 3.83. The fourth-order valence-corrected chi connectivity index (χ4v) is 2.41. The summed E-state index contributed by atoms with van der Waals surface area (Å²) in [6, 6.07) is 3.90. The number of nitrogens with two attached hydrogens (primary N) is 1. The van der Waals surface area contributed by atoms with Crippen LogP contribution in [0.25, 0.3) is 0 Å². The van der Waals surface area contributed by atoms with Crippen LogP contribution in [0.3, 0.4) is 0 Å². The fraction of sp³-hybridized carbons (Fsp3) is 0.615. The van der Waals surface area contributed by atoms with Crippen molar-refractivity contribution in [1.82, 2.24) is 9.88 Å². The first kappa shape index (κ1) is 13.6. The maximum Gasteiger partial charge on any atom is 0.128 e. The van der Waals surface area contributed by atoms with E-state index in [1.165, 1.54) is 6.42 Å². The quantitative estimate of drug-likeness (QED) is 0.901. The van der Waals surface area contributed by atoms with Crippen LogP contribution >= 0.6 is 11.6 Å². The Morgan fingerprint density at radius 1 is 1.22 bits per heavy atom. The lowest BCUT2D eigenvalue weighted by Crippen LogP contribution is -2.32. The van der Waals surface area contributed by atoms with Crippen molar-refractivity contribution in [1.29, 1.82) is 0 Å². The monoisotopic (exact) mass is 268 g/mol. The van der Waals surface area contributed by atoms with Gasteiger partial charge in [0.1, 0.15) is 5.82 Å². The molecule has 1 saturated heterocycles. The van der Waals surface area contributed by atoms with Gasteiger partial charge in [0.25, 0.3) is 0 Å². The first-order chi connectivity index (χ1) is 8.79. The fourth-order valence-electron chi connectivity index (χ4n) is 2.29. The minimum absolute atomic E-state index is 0.693. The van der Waals surface area contributed by atoms with Gasteiger partial charge >= 0.3 is 0 Å². The van der Waals surface area contributed by atoms with Crippen LogP contribution in [0.2, 0.25) is 5.02 Å². The van der Waals surface area contributed by atoms with E-state index in [9.17, 15) is 0 Å². The molecule has 5 heteroatoms. The smallest absolute Gasteiger partial charge is 0.128 e. The molecule has 0 atom stereocenters. The Labute approximate surface area is 114 Å². The Balaban J connectivity index is 1.90. The highest BCUT2D eigenvalue weighted by Gasteiger charge is 2.15. The number of aromatic nitrogens is 1. The summed E-state index contributed by atoms with van der Waals surface area (Å²) in [5.41, 5.74) is 5.56. The molecule has 0 spiro atoms. The van der Waals surface area contributed by atoms with Crippen LogP contribution < -0.4 is 10.6 Å². The van der Waals surface area contributed by atoms with Gasteiger partial charge in [0.2, 0.25) is 0 Å². The summed E-state index contributed by atoms with van der Waals surface area (Å²) < 4.78 is 0. The van der Waals surface area contributed by atoms with E-state index in [0.717, 1.165) is 51.5 Å². The van der Waals surface area contributed by atoms with E-state index in [1.807, 2.05) is 12.1 Å². The minimum atomic E-state index is 0.693. The molecule has 4 nitrogen and oxygen atoms in total. The average molecular weight is 269 g/mol. The highest BCUT2D eigenvalue weighted by Crippen LogP contribution is 2.16. The molecule has 0 saturated carbocycles. The number of rotatable bonds is 4. The zero-order valence-corrected chi connectivity index (χ0v) is 11.4. The van der Waals surface area contributed by atoms with E-state index in [0.29, 0.717) is 5.02 Å². The second-order valence-corrected chi connectivity index (χ2v) is 5.10. The molecule has 0 amide bonds. The van der Waals surface area contributed by atoms with Crippen molar-refractivity contribution >= 4 is 17.4 Å². The van der Waals surface area contributed by atoms with Gasteiger partial charge in [-0.15, -0.1) is 0 Å². The first-order valence-electron chi connectivity index (χ1n) is 6.58. The number of nitrogens with zero attached hydrogens (tertiary/aromatic N) is 3. The molecule has 0 unspecified atom stereocenters. The molecule has 18 heavy (non-hydrogen) atoms. The third-order valence-electron chi connectivity index (χ3n) is 3.30. The van der Waals surface area contributed by atoms with Crippen molar-refractivity contribution in [3.8, 4) is 0 Å². The molecular formula is C13H21ClN4. The summed E-state index contributed by atoms with van der Waals surface area (Å²) in [4.78, 5) is 9.21. The van der Waals surface area contributed by atoms with Crippen LogP contribution in [0, 0.1) is 0 Å². The van der Waals surface area contributed by atoms with Crippen LogP contribution in [0.1, 0.15) is 12.8 Å². The SMILES string of the molecule is NCCCN1CCCN(c2ccc(Cl)cn2)CC1. The predicted molar refractivity (Wildman–Crippen MR) is 76.2 cm³/mol. The molecule has 0 aliphatic carbocycles. The van der Waals surface area contributed by atoms with Crippen molar-refractivity contribution in [3.63, 3.8) is 0 Å². The van der Waals surface area contributed by atoms with Gasteiger partial charge in [0.05, 0.1) is 5.02 Å². The summed E-state index contributed by atoms with van der Waals surface area (Å²) in [5.74, 6) is 1.03. The molecule has 1 aromatic heterocycles. The zero-order chi connectivity index (χ0) is 12.8. The predicted octanol–water partition coefficient (Wildman–Crippen LogP) is 1.60. The summed E-state index contributed by atoms with van der Waals surface area (Å²) >= 11 is 5.86. The Hall–Kier alpha value is -0.840. The summed E-state index contributed by atoms with van der Waals surface area (Å²) in [6.45, 7) is 6.22. The van der Waals surface area contributed by atoms with Gasteiger partial charge in [-0.2, -0.15) is 0 Å². The Bertz CT molecular complexity index is 355. The molecule has 0 aromatic carbocycles. The maximum atomic E-state index is 5.86. The lowest BCUT2D eigenvalue weighted by molar-refractivity contribution is 0.291. The van der Waals surface area contributed by atoms with Crippen LogP contribution in [0.4, 0.5) is 5.82 Å². The van der Waals surface area contributed by atoms with E-state index >= 15 is 0 Å².